The molecule has 6 nitrogen and oxygen atoms in total. The van der Waals surface area contributed by atoms with E-state index in [1.54, 1.807) is 12.1 Å². The van der Waals surface area contributed by atoms with E-state index in [4.69, 9.17) is 5.26 Å². The van der Waals surface area contributed by atoms with E-state index < -0.39 is 5.91 Å². The first kappa shape index (κ1) is 12.1. The van der Waals surface area contributed by atoms with Gasteiger partial charge in [0.15, 0.2) is 0 Å². The Balaban J connectivity index is 2.23. The maximum Gasteiger partial charge on any atom is 0.256 e. The number of amides is 1. The second-order valence-corrected chi connectivity index (χ2v) is 4.25. The number of halogens is 1. The number of phenols is 1. The largest absolute Gasteiger partial charge is 0.507 e. The van der Waals surface area contributed by atoms with Crippen LogP contribution in [-0.4, -0.2) is 21.2 Å². The van der Waals surface area contributed by atoms with E-state index in [0.717, 1.165) is 0 Å². The lowest BCUT2D eigenvalue weighted by molar-refractivity contribution is 0.102. The summed E-state index contributed by atoms with van der Waals surface area (Å²) >= 11 is 3.12. The molecule has 0 spiro atoms. The molecule has 0 unspecified atom stereocenters. The highest BCUT2D eigenvalue weighted by molar-refractivity contribution is 9.10. The molecular weight excluding hydrogens is 300 g/mol. The van der Waals surface area contributed by atoms with Gasteiger partial charge in [0.25, 0.3) is 5.91 Å². The molecule has 0 aliphatic carbocycles. The molecule has 3 N–H and O–H groups in total. The van der Waals surface area contributed by atoms with Crippen molar-refractivity contribution in [3.63, 3.8) is 0 Å². The van der Waals surface area contributed by atoms with Gasteiger partial charge in [0, 0.05) is 5.56 Å². The molecule has 18 heavy (non-hydrogen) atoms. The quantitative estimate of drug-likeness (QED) is 0.789. The number of hydrogen-bond donors (Lipinski definition) is 3. The third-order valence-corrected chi connectivity index (χ3v) is 2.88. The zero-order valence-corrected chi connectivity index (χ0v) is 10.5. The number of H-pyrrole nitrogens is 1. The fourth-order valence-corrected chi connectivity index (χ4v) is 1.55. The van der Waals surface area contributed by atoms with Gasteiger partial charge in [0.05, 0.1) is 10.7 Å². The number of aromatic nitrogens is 2. The molecule has 7 heteroatoms. The molecular formula is C11H7BrN4O2. The molecule has 90 valence electrons. The summed E-state index contributed by atoms with van der Waals surface area (Å²) in [7, 11) is 0. The third-order valence-electron chi connectivity index (χ3n) is 2.21. The number of phenolic OH excluding ortho intramolecular Hbond substituents is 1. The highest BCUT2D eigenvalue weighted by Gasteiger charge is 2.12. The molecule has 1 aromatic carbocycles. The van der Waals surface area contributed by atoms with Gasteiger partial charge in [-0.3, -0.25) is 9.89 Å². The second-order valence-electron chi connectivity index (χ2n) is 3.39. The monoisotopic (exact) mass is 306 g/mol. The van der Waals surface area contributed by atoms with Crippen LogP contribution in [0.25, 0.3) is 0 Å². The maximum atomic E-state index is 11.8. The predicted molar refractivity (Wildman–Crippen MR) is 67.1 cm³/mol. The molecule has 1 amide bonds. The Hall–Kier alpha value is -2.33. The Labute approximate surface area is 110 Å². The van der Waals surface area contributed by atoms with Crippen LogP contribution < -0.4 is 5.32 Å². The molecule has 2 rings (SSSR count). The van der Waals surface area contributed by atoms with E-state index in [2.05, 4.69) is 31.4 Å². The number of hydrogen-bond acceptors (Lipinski definition) is 4. The van der Waals surface area contributed by atoms with Crippen LogP contribution in [0.1, 0.15) is 15.9 Å². The molecule has 1 heterocycles. The molecule has 0 fully saturated rings. The summed E-state index contributed by atoms with van der Waals surface area (Å²) < 4.78 is 0.498. The maximum absolute atomic E-state index is 11.8. The first-order chi connectivity index (χ1) is 8.61. The lowest BCUT2D eigenvalue weighted by Gasteiger charge is -2.04. The smallest absolute Gasteiger partial charge is 0.256 e. The molecule has 0 atom stereocenters. The van der Waals surface area contributed by atoms with Gasteiger partial charge in [-0.1, -0.05) is 0 Å². The fourth-order valence-electron chi connectivity index (χ4n) is 1.31. The Kier molecular flexibility index (Phi) is 3.30. The van der Waals surface area contributed by atoms with E-state index in [1.165, 1.54) is 12.3 Å². The van der Waals surface area contributed by atoms with Gasteiger partial charge in [0.2, 0.25) is 0 Å². The topological polar surface area (TPSA) is 102 Å². The van der Waals surface area contributed by atoms with Crippen LogP contribution >= 0.6 is 15.9 Å². The van der Waals surface area contributed by atoms with Crippen LogP contribution in [-0.2, 0) is 0 Å². The number of nitrogens with zero attached hydrogens (tertiary/aromatic N) is 2. The van der Waals surface area contributed by atoms with E-state index in [1.807, 2.05) is 6.07 Å². The first-order valence-corrected chi connectivity index (χ1v) is 5.64. The van der Waals surface area contributed by atoms with Crippen LogP contribution in [0.4, 0.5) is 5.82 Å². The second kappa shape index (κ2) is 4.89. The van der Waals surface area contributed by atoms with Crippen LogP contribution in [0.2, 0.25) is 0 Å². The Morgan fingerprint density at radius 2 is 2.33 bits per heavy atom. The van der Waals surface area contributed by atoms with Gasteiger partial charge < -0.3 is 10.4 Å². The number of carbonyl (C=O) groups excluding carboxylic acids is 1. The average molecular weight is 307 g/mol. The average Bonchev–Trinajstić information content (AvgIpc) is 2.79. The lowest BCUT2D eigenvalue weighted by Crippen LogP contribution is -2.12. The molecule has 2 aromatic rings. The number of benzene rings is 1. The van der Waals surface area contributed by atoms with E-state index in [0.29, 0.717) is 4.47 Å². The molecule has 0 saturated carbocycles. The number of nitrogens with one attached hydrogen (secondary N) is 2. The molecule has 0 bridgehead atoms. The van der Waals surface area contributed by atoms with Gasteiger partial charge in [0.1, 0.15) is 23.2 Å². The normalized spacial score (nSPS) is 9.78. The Morgan fingerprint density at radius 1 is 1.56 bits per heavy atom. The molecule has 0 radical (unpaired) electrons. The number of anilines is 1. The zero-order chi connectivity index (χ0) is 13.1. The summed E-state index contributed by atoms with van der Waals surface area (Å²) in [6.07, 6.45) is 1.31. The minimum atomic E-state index is -0.446. The van der Waals surface area contributed by atoms with Crippen molar-refractivity contribution >= 4 is 27.7 Å². The van der Waals surface area contributed by atoms with Gasteiger partial charge in [-0.25, -0.2) is 0 Å². The van der Waals surface area contributed by atoms with Crippen LogP contribution in [0.15, 0.2) is 28.9 Å². The minimum Gasteiger partial charge on any atom is -0.507 e. The Morgan fingerprint density at radius 3 is 3.00 bits per heavy atom. The molecule has 0 aliphatic heterocycles. The predicted octanol–water partition coefficient (Wildman–Crippen LogP) is 2.00. The number of nitriles is 1. The minimum absolute atomic E-state index is 0.0345. The van der Waals surface area contributed by atoms with E-state index in [9.17, 15) is 9.90 Å². The molecule has 1 aromatic heterocycles. The summed E-state index contributed by atoms with van der Waals surface area (Å²) in [5.41, 5.74) is 0.513. The fraction of sp³-hybridized carbons (Fsp3) is 0. The first-order valence-electron chi connectivity index (χ1n) is 4.85. The van der Waals surface area contributed by atoms with Crippen molar-refractivity contribution in [1.82, 2.24) is 10.2 Å². The van der Waals surface area contributed by atoms with Crippen molar-refractivity contribution in [1.29, 1.82) is 5.26 Å². The lowest BCUT2D eigenvalue weighted by atomic mass is 10.2. The van der Waals surface area contributed by atoms with E-state index >= 15 is 0 Å². The van der Waals surface area contributed by atoms with Gasteiger partial charge in [-0.05, 0) is 34.1 Å². The van der Waals surface area contributed by atoms with Gasteiger partial charge >= 0.3 is 0 Å². The highest BCUT2D eigenvalue weighted by atomic mass is 79.9. The SMILES string of the molecule is N#Cc1cn[nH]c1NC(=O)c1ccc(Br)c(O)c1. The molecule has 0 saturated heterocycles. The van der Waals surface area contributed by atoms with Crippen LogP contribution in [0.5, 0.6) is 5.75 Å². The Bertz CT molecular complexity index is 645. The standard InChI is InChI=1S/C11H7BrN4O2/c12-8-2-1-6(3-9(8)17)11(18)15-10-7(4-13)5-14-16-10/h1-3,5,17H,(H2,14,15,16,18). The van der Waals surface area contributed by atoms with Crippen molar-refractivity contribution in [2.24, 2.45) is 0 Å². The summed E-state index contributed by atoms with van der Waals surface area (Å²) in [6.45, 7) is 0. The summed E-state index contributed by atoms with van der Waals surface area (Å²) in [6, 6.07) is 6.31. The van der Waals surface area contributed by atoms with Crippen LogP contribution in [0, 0.1) is 11.3 Å². The van der Waals surface area contributed by atoms with Gasteiger partial charge in [-0.15, -0.1) is 0 Å². The van der Waals surface area contributed by atoms with Crippen LogP contribution in [0.3, 0.4) is 0 Å². The van der Waals surface area contributed by atoms with Crippen molar-refractivity contribution in [3.8, 4) is 11.8 Å². The number of aromatic hydroxyl groups is 1. The van der Waals surface area contributed by atoms with Crippen molar-refractivity contribution in [3.05, 3.63) is 40.0 Å². The third kappa shape index (κ3) is 2.33. The van der Waals surface area contributed by atoms with E-state index in [-0.39, 0.29) is 22.7 Å². The summed E-state index contributed by atoms with van der Waals surface area (Å²) in [4.78, 5) is 11.8. The highest BCUT2D eigenvalue weighted by Crippen LogP contribution is 2.24. The number of aromatic amines is 1. The number of rotatable bonds is 2. The zero-order valence-electron chi connectivity index (χ0n) is 8.94. The molecule has 0 aliphatic rings. The van der Waals surface area contributed by atoms with Crippen molar-refractivity contribution in [2.75, 3.05) is 5.32 Å². The summed E-state index contributed by atoms with van der Waals surface area (Å²) in [5, 5.41) is 26.9. The summed E-state index contributed by atoms with van der Waals surface area (Å²) in [5.74, 6) is -0.253. The van der Waals surface area contributed by atoms with Crippen molar-refractivity contribution < 1.29 is 9.90 Å². The van der Waals surface area contributed by atoms with Gasteiger partial charge in [-0.2, -0.15) is 10.4 Å². The van der Waals surface area contributed by atoms with Crippen molar-refractivity contribution in [2.45, 2.75) is 0 Å². The number of carbonyl (C=O) groups is 1.